The molecule has 16 nitrogen and oxygen atoms in total. The van der Waals surface area contributed by atoms with Gasteiger partial charge in [-0.05, 0) is 67.2 Å². The fourth-order valence-electron chi connectivity index (χ4n) is 6.93. The Kier molecular flexibility index (Phi) is 12.6. The first-order chi connectivity index (χ1) is 26.4. The van der Waals surface area contributed by atoms with Crippen LogP contribution < -0.4 is 30.1 Å². The first-order valence-corrected chi connectivity index (χ1v) is 20.6. The van der Waals surface area contributed by atoms with Gasteiger partial charge in [0.05, 0.1) is 25.5 Å². The number of rotatable bonds is 16. The van der Waals surface area contributed by atoms with Crippen LogP contribution in [0.2, 0.25) is 0 Å². The standard InChI is InChI=1S/C39H54N6O10S/c1-9-22(4)30(35(48)54-11-3)41-37(50)42-31(38(5,6)7)34(47)45-21-26(55-33-28-15-12-25(53-8)18-23(28)16-17-40-33)19-29(45)32(46)43-39(20-24(39)10-2)36(49)44-56(51,52)27-13-14-27/h10,12,15-18,22,24,26-27,29-31H,2,9,11,13-14,19-21H2,1,3-8H3,(H,43,46)(H,44,49)(H2,41,42,50)/t22-,24+,26+,29-,30-,31+,39+/m0/s1. The second kappa shape index (κ2) is 16.7. The number of benzene rings is 1. The van der Waals surface area contributed by atoms with Gasteiger partial charge in [0.1, 0.15) is 35.5 Å². The zero-order valence-corrected chi connectivity index (χ0v) is 33.9. The van der Waals surface area contributed by atoms with Crippen molar-refractivity contribution in [1.29, 1.82) is 0 Å². The highest BCUT2D eigenvalue weighted by Crippen LogP contribution is 2.45. The molecule has 7 atom stereocenters. The van der Waals surface area contributed by atoms with E-state index in [-0.39, 0.29) is 37.8 Å². The lowest BCUT2D eigenvalue weighted by Crippen LogP contribution is -2.62. The summed E-state index contributed by atoms with van der Waals surface area (Å²) >= 11 is 0. The van der Waals surface area contributed by atoms with Gasteiger partial charge >= 0.3 is 12.0 Å². The maximum Gasteiger partial charge on any atom is 0.328 e. The first-order valence-electron chi connectivity index (χ1n) is 19.0. The molecule has 2 aromatic rings. The van der Waals surface area contributed by atoms with Crippen LogP contribution in [0.1, 0.15) is 73.6 Å². The highest BCUT2D eigenvalue weighted by Gasteiger charge is 2.62. The Morgan fingerprint density at radius 3 is 2.41 bits per heavy atom. The zero-order chi connectivity index (χ0) is 41.2. The molecule has 1 aromatic heterocycles. The molecule has 1 saturated heterocycles. The highest BCUT2D eigenvalue weighted by atomic mass is 32.2. The van der Waals surface area contributed by atoms with Crippen LogP contribution in [0.15, 0.2) is 43.1 Å². The Balaban J connectivity index is 1.44. The molecule has 0 unspecified atom stereocenters. The highest BCUT2D eigenvalue weighted by molar-refractivity contribution is 7.91. The summed E-state index contributed by atoms with van der Waals surface area (Å²) in [5.74, 6) is -2.73. The predicted molar refractivity (Wildman–Crippen MR) is 207 cm³/mol. The second-order valence-corrected chi connectivity index (χ2v) is 17.9. The topological polar surface area (TPSA) is 211 Å². The van der Waals surface area contributed by atoms with Crippen molar-refractivity contribution < 1.29 is 46.6 Å². The minimum absolute atomic E-state index is 0.0232. The molecule has 0 bridgehead atoms. The average molecular weight is 799 g/mol. The molecule has 2 aliphatic carbocycles. The number of carbonyl (C=O) groups is 5. The van der Waals surface area contributed by atoms with Crippen molar-refractivity contribution in [2.75, 3.05) is 20.3 Å². The molecule has 3 aliphatic rings. The third kappa shape index (κ3) is 9.19. The molecule has 0 radical (unpaired) electrons. The van der Waals surface area contributed by atoms with Crippen molar-refractivity contribution in [1.82, 2.24) is 30.6 Å². The van der Waals surface area contributed by atoms with Crippen molar-refractivity contribution >= 4 is 50.5 Å². The quantitative estimate of drug-likeness (QED) is 0.143. The lowest BCUT2D eigenvalue weighted by Gasteiger charge is -2.36. The van der Waals surface area contributed by atoms with E-state index in [9.17, 15) is 32.4 Å². The Labute approximate surface area is 327 Å². The molecule has 2 heterocycles. The lowest BCUT2D eigenvalue weighted by molar-refractivity contribution is -0.146. The molecule has 5 rings (SSSR count). The number of pyridine rings is 1. The van der Waals surface area contributed by atoms with Crippen LogP contribution in [0, 0.1) is 17.3 Å². The summed E-state index contributed by atoms with van der Waals surface area (Å²) in [6.07, 6.45) is 3.82. The van der Waals surface area contributed by atoms with Gasteiger partial charge in [-0.25, -0.2) is 23.0 Å². The monoisotopic (exact) mass is 798 g/mol. The molecule has 1 aromatic carbocycles. The van der Waals surface area contributed by atoms with Gasteiger partial charge in [-0.3, -0.25) is 19.1 Å². The number of hydrogen-bond donors (Lipinski definition) is 4. The normalized spacial score (nSPS) is 23.6. The Bertz CT molecular complexity index is 1960. The number of amides is 5. The molecule has 306 valence electrons. The van der Waals surface area contributed by atoms with Gasteiger partial charge in [0.2, 0.25) is 27.7 Å². The van der Waals surface area contributed by atoms with Crippen molar-refractivity contribution in [3.8, 4) is 11.6 Å². The number of ether oxygens (including phenoxy) is 3. The average Bonchev–Trinajstić information content (AvgIpc) is 4.08. The number of urea groups is 1. The van der Waals surface area contributed by atoms with Crippen LogP contribution in [0.3, 0.4) is 0 Å². The van der Waals surface area contributed by atoms with Crippen LogP contribution in [0.5, 0.6) is 11.6 Å². The van der Waals surface area contributed by atoms with Crippen LogP contribution in [0.25, 0.3) is 10.8 Å². The summed E-state index contributed by atoms with van der Waals surface area (Å²) in [7, 11) is -2.37. The number of fused-ring (bicyclic) bond motifs is 1. The number of aromatic nitrogens is 1. The molecule has 2 saturated carbocycles. The van der Waals surface area contributed by atoms with Crippen LogP contribution in [-0.2, 0) is 33.9 Å². The van der Waals surface area contributed by atoms with E-state index in [4.69, 9.17) is 14.2 Å². The third-order valence-electron chi connectivity index (χ3n) is 10.7. The summed E-state index contributed by atoms with van der Waals surface area (Å²) in [5, 5.41) is 8.99. The molecule has 4 N–H and O–H groups in total. The molecular weight excluding hydrogens is 745 g/mol. The number of sulfonamides is 1. The van der Waals surface area contributed by atoms with Gasteiger partial charge in [-0.15, -0.1) is 6.58 Å². The predicted octanol–water partition coefficient (Wildman–Crippen LogP) is 2.95. The first kappa shape index (κ1) is 42.2. The number of nitrogens with one attached hydrogen (secondary N) is 4. The molecular formula is C39H54N6O10S. The van der Waals surface area contributed by atoms with Crippen molar-refractivity contribution in [3.63, 3.8) is 0 Å². The number of nitrogens with zero attached hydrogens (tertiary/aromatic N) is 2. The van der Waals surface area contributed by atoms with Gasteiger partial charge in [-0.1, -0.05) is 47.1 Å². The molecule has 0 spiro atoms. The van der Waals surface area contributed by atoms with Crippen LogP contribution in [0.4, 0.5) is 4.79 Å². The smallest absolute Gasteiger partial charge is 0.328 e. The summed E-state index contributed by atoms with van der Waals surface area (Å²) in [6, 6.07) is 3.00. The van der Waals surface area contributed by atoms with Crippen molar-refractivity contribution in [2.24, 2.45) is 17.3 Å². The van der Waals surface area contributed by atoms with Gasteiger partial charge in [0.15, 0.2) is 0 Å². The number of esters is 1. The van der Waals surface area contributed by atoms with Gasteiger partial charge in [-0.2, -0.15) is 0 Å². The Morgan fingerprint density at radius 1 is 1.11 bits per heavy atom. The number of likely N-dealkylation sites (tertiary alicyclic amines) is 1. The third-order valence-corrected chi connectivity index (χ3v) is 12.6. The Hall–Kier alpha value is -4.93. The van der Waals surface area contributed by atoms with E-state index in [1.165, 1.54) is 11.0 Å². The molecule has 17 heteroatoms. The minimum Gasteiger partial charge on any atom is -0.497 e. The van der Waals surface area contributed by atoms with Crippen LogP contribution in [-0.4, -0.2) is 103 Å². The molecule has 56 heavy (non-hydrogen) atoms. The van der Waals surface area contributed by atoms with Crippen molar-refractivity contribution in [3.05, 3.63) is 43.1 Å². The number of carbonyl (C=O) groups excluding carboxylic acids is 5. The zero-order valence-electron chi connectivity index (χ0n) is 33.0. The number of hydrogen-bond acceptors (Lipinski definition) is 11. The molecule has 1 aliphatic heterocycles. The molecule has 3 fully saturated rings. The van der Waals surface area contributed by atoms with Crippen LogP contribution >= 0.6 is 0 Å². The van der Waals surface area contributed by atoms with Gasteiger partial charge in [0.25, 0.3) is 5.91 Å². The van der Waals surface area contributed by atoms with E-state index in [1.807, 2.05) is 13.0 Å². The van der Waals surface area contributed by atoms with E-state index in [0.717, 1.165) is 5.39 Å². The summed E-state index contributed by atoms with van der Waals surface area (Å²) < 4.78 is 44.6. The van der Waals surface area contributed by atoms with E-state index in [2.05, 4.69) is 32.2 Å². The molecule has 5 amide bonds. The van der Waals surface area contributed by atoms with E-state index in [1.54, 1.807) is 66.1 Å². The maximum atomic E-state index is 14.7. The Morgan fingerprint density at radius 2 is 1.82 bits per heavy atom. The summed E-state index contributed by atoms with van der Waals surface area (Å²) in [5.41, 5.74) is -2.49. The second-order valence-electron chi connectivity index (χ2n) is 15.9. The summed E-state index contributed by atoms with van der Waals surface area (Å²) in [4.78, 5) is 74.6. The minimum atomic E-state index is -3.93. The number of methoxy groups -OCH3 is 1. The fraction of sp³-hybridized carbons (Fsp3) is 0.590. The van der Waals surface area contributed by atoms with Gasteiger partial charge in [0, 0.05) is 23.9 Å². The van der Waals surface area contributed by atoms with E-state index >= 15 is 0 Å². The largest absolute Gasteiger partial charge is 0.497 e. The van der Waals surface area contributed by atoms with Gasteiger partial charge < -0.3 is 35.1 Å². The summed E-state index contributed by atoms with van der Waals surface area (Å²) in [6.45, 7) is 14.4. The maximum absolute atomic E-state index is 14.7. The SMILES string of the molecule is C=C[C@@H]1C[C@]1(NC(=O)[C@@H]1C[C@@H](Oc2nccc3cc(OC)ccc23)CN1C(=O)[C@@H](NC(=O)N[C@H](C(=O)OCC)[C@@H](C)CC)C(C)(C)C)C(=O)NS(=O)(=O)C1CC1. The fourth-order valence-corrected chi connectivity index (χ4v) is 8.29. The van der Waals surface area contributed by atoms with E-state index in [0.29, 0.717) is 30.4 Å². The van der Waals surface area contributed by atoms with Crippen molar-refractivity contribution in [2.45, 2.75) is 109 Å². The lowest BCUT2D eigenvalue weighted by atomic mass is 9.85. The van der Waals surface area contributed by atoms with E-state index < -0.39 is 86.1 Å².